The van der Waals surface area contributed by atoms with Crippen LogP contribution in [0.3, 0.4) is 0 Å². The van der Waals surface area contributed by atoms with Crippen LogP contribution >= 0.6 is 15.9 Å². The summed E-state index contributed by atoms with van der Waals surface area (Å²) in [5.74, 6) is -0.0425. The minimum Gasteiger partial charge on any atom is -0.398 e. The van der Waals surface area contributed by atoms with Crippen molar-refractivity contribution in [3.63, 3.8) is 0 Å². The quantitative estimate of drug-likeness (QED) is 0.516. The number of halogens is 1. The fourth-order valence-corrected chi connectivity index (χ4v) is 1.89. The first-order valence-electron chi connectivity index (χ1n) is 5.47. The topological polar surface area (TPSA) is 46.3 Å². The highest BCUT2D eigenvalue weighted by molar-refractivity contribution is 9.10. The summed E-state index contributed by atoms with van der Waals surface area (Å²) >= 11 is 3.32. The predicted octanol–water partition coefficient (Wildman–Crippen LogP) is 3.07. The molecule has 2 N–H and O–H groups in total. The Balaban J connectivity index is 2.71. The molecule has 0 heterocycles. The van der Waals surface area contributed by atoms with Crippen LogP contribution in [0.25, 0.3) is 0 Å². The number of amides is 1. The van der Waals surface area contributed by atoms with Gasteiger partial charge in [0.25, 0.3) is 5.91 Å². The Hall–Kier alpha value is -1.29. The summed E-state index contributed by atoms with van der Waals surface area (Å²) in [4.78, 5) is 13.8. The Morgan fingerprint density at radius 2 is 2.29 bits per heavy atom. The molecule has 0 bridgehead atoms. The molecule has 0 saturated heterocycles. The van der Waals surface area contributed by atoms with Gasteiger partial charge in [0.2, 0.25) is 0 Å². The van der Waals surface area contributed by atoms with Crippen molar-refractivity contribution in [2.45, 2.75) is 12.8 Å². The molecule has 0 saturated carbocycles. The third-order valence-electron chi connectivity index (χ3n) is 2.49. The molecule has 1 aromatic rings. The summed E-state index contributed by atoms with van der Waals surface area (Å²) in [6.07, 6.45) is 3.68. The lowest BCUT2D eigenvalue weighted by Gasteiger charge is -2.17. The average Bonchev–Trinajstić information content (AvgIpc) is 2.28. The molecule has 0 radical (unpaired) electrons. The van der Waals surface area contributed by atoms with Gasteiger partial charge in [-0.05, 0) is 31.0 Å². The van der Waals surface area contributed by atoms with E-state index >= 15 is 0 Å². The molecule has 0 atom stereocenters. The molecule has 0 spiro atoms. The number of anilines is 1. The van der Waals surface area contributed by atoms with E-state index in [-0.39, 0.29) is 5.91 Å². The number of nitrogen functional groups attached to an aromatic ring is 1. The van der Waals surface area contributed by atoms with Crippen LogP contribution in [-0.2, 0) is 0 Å². The van der Waals surface area contributed by atoms with Gasteiger partial charge >= 0.3 is 0 Å². The van der Waals surface area contributed by atoms with Crippen molar-refractivity contribution >= 4 is 27.5 Å². The molecule has 3 nitrogen and oxygen atoms in total. The third kappa shape index (κ3) is 3.89. The molecule has 17 heavy (non-hydrogen) atoms. The molecule has 1 amide bonds. The van der Waals surface area contributed by atoms with Crippen LogP contribution in [0.4, 0.5) is 5.69 Å². The zero-order chi connectivity index (χ0) is 12.8. The van der Waals surface area contributed by atoms with E-state index in [1.165, 1.54) is 0 Å². The first kappa shape index (κ1) is 13.8. The number of allylic oxidation sites excluding steroid dienone is 1. The van der Waals surface area contributed by atoms with E-state index in [1.54, 1.807) is 24.1 Å². The van der Waals surface area contributed by atoms with E-state index in [9.17, 15) is 4.79 Å². The Morgan fingerprint density at radius 3 is 2.88 bits per heavy atom. The van der Waals surface area contributed by atoms with Crippen molar-refractivity contribution in [2.75, 3.05) is 19.3 Å². The van der Waals surface area contributed by atoms with Gasteiger partial charge in [0, 0.05) is 23.8 Å². The lowest BCUT2D eigenvalue weighted by molar-refractivity contribution is 0.0795. The molecule has 0 unspecified atom stereocenters. The highest BCUT2D eigenvalue weighted by Crippen LogP contribution is 2.19. The highest BCUT2D eigenvalue weighted by atomic mass is 79.9. The van der Waals surface area contributed by atoms with E-state index in [4.69, 9.17) is 5.73 Å². The predicted molar refractivity (Wildman–Crippen MR) is 74.9 cm³/mol. The van der Waals surface area contributed by atoms with Crippen molar-refractivity contribution in [1.29, 1.82) is 0 Å². The van der Waals surface area contributed by atoms with Crippen molar-refractivity contribution in [3.8, 4) is 0 Å². The number of unbranched alkanes of at least 4 members (excludes halogenated alkanes) is 1. The van der Waals surface area contributed by atoms with Crippen LogP contribution in [0.5, 0.6) is 0 Å². The monoisotopic (exact) mass is 296 g/mol. The van der Waals surface area contributed by atoms with Crippen LogP contribution in [-0.4, -0.2) is 24.4 Å². The van der Waals surface area contributed by atoms with Gasteiger partial charge in [0.05, 0.1) is 5.56 Å². The second kappa shape index (κ2) is 6.45. The van der Waals surface area contributed by atoms with Crippen molar-refractivity contribution in [2.24, 2.45) is 0 Å². The van der Waals surface area contributed by atoms with Gasteiger partial charge in [-0.2, -0.15) is 0 Å². The largest absolute Gasteiger partial charge is 0.398 e. The molecule has 0 fully saturated rings. The first-order chi connectivity index (χ1) is 8.06. The van der Waals surface area contributed by atoms with Crippen LogP contribution in [0.15, 0.2) is 35.3 Å². The Bertz CT molecular complexity index is 418. The van der Waals surface area contributed by atoms with Crippen LogP contribution < -0.4 is 5.73 Å². The Labute approximate surface area is 110 Å². The van der Waals surface area contributed by atoms with Gasteiger partial charge in [-0.1, -0.05) is 22.0 Å². The number of hydrogen-bond acceptors (Lipinski definition) is 2. The zero-order valence-electron chi connectivity index (χ0n) is 9.95. The molecule has 0 aliphatic carbocycles. The van der Waals surface area contributed by atoms with Gasteiger partial charge in [-0.3, -0.25) is 4.79 Å². The maximum absolute atomic E-state index is 12.1. The van der Waals surface area contributed by atoms with Crippen molar-refractivity contribution in [1.82, 2.24) is 4.90 Å². The molecular weight excluding hydrogens is 280 g/mol. The molecule has 1 rings (SSSR count). The van der Waals surface area contributed by atoms with Crippen LogP contribution in [0, 0.1) is 0 Å². The van der Waals surface area contributed by atoms with E-state index in [0.717, 1.165) is 17.3 Å². The normalized spacial score (nSPS) is 10.0. The van der Waals surface area contributed by atoms with Gasteiger partial charge < -0.3 is 10.6 Å². The number of hydrogen-bond donors (Lipinski definition) is 1. The number of nitrogens with two attached hydrogens (primary N) is 1. The smallest absolute Gasteiger partial charge is 0.255 e. The van der Waals surface area contributed by atoms with Gasteiger partial charge in [-0.25, -0.2) is 0 Å². The summed E-state index contributed by atoms with van der Waals surface area (Å²) in [5, 5.41) is 0. The summed E-state index contributed by atoms with van der Waals surface area (Å²) < 4.78 is 0.876. The van der Waals surface area contributed by atoms with Gasteiger partial charge in [0.15, 0.2) is 0 Å². The SMILES string of the molecule is C=CCCCN(C)C(=O)c1ccc(Br)cc1N. The van der Waals surface area contributed by atoms with Crippen LogP contribution in [0.2, 0.25) is 0 Å². The molecule has 1 aromatic carbocycles. The highest BCUT2D eigenvalue weighted by Gasteiger charge is 2.14. The Morgan fingerprint density at radius 1 is 1.59 bits per heavy atom. The van der Waals surface area contributed by atoms with E-state index in [0.29, 0.717) is 17.8 Å². The average molecular weight is 297 g/mol. The second-order valence-corrected chi connectivity index (χ2v) is 4.80. The Kier molecular flexibility index (Phi) is 5.22. The fourth-order valence-electron chi connectivity index (χ4n) is 1.51. The zero-order valence-corrected chi connectivity index (χ0v) is 11.5. The molecular formula is C13H17BrN2O. The standard InChI is InChI=1S/C13H17BrN2O/c1-3-4-5-8-16(2)13(17)11-7-6-10(14)9-12(11)15/h3,6-7,9H,1,4-5,8,15H2,2H3. The van der Waals surface area contributed by atoms with Crippen LogP contribution in [0.1, 0.15) is 23.2 Å². The lowest BCUT2D eigenvalue weighted by atomic mass is 10.1. The number of carbonyl (C=O) groups excluding carboxylic acids is 1. The molecule has 0 aliphatic heterocycles. The first-order valence-corrected chi connectivity index (χ1v) is 6.27. The van der Waals surface area contributed by atoms with Crippen molar-refractivity contribution < 1.29 is 4.79 Å². The maximum atomic E-state index is 12.1. The summed E-state index contributed by atoms with van der Waals surface area (Å²) in [7, 11) is 1.78. The molecule has 92 valence electrons. The molecule has 0 aliphatic rings. The minimum atomic E-state index is -0.0425. The number of nitrogens with zero attached hydrogens (tertiary/aromatic N) is 1. The third-order valence-corrected chi connectivity index (χ3v) is 2.99. The van der Waals surface area contributed by atoms with E-state index in [2.05, 4.69) is 22.5 Å². The summed E-state index contributed by atoms with van der Waals surface area (Å²) in [6, 6.07) is 5.30. The fraction of sp³-hybridized carbons (Fsp3) is 0.308. The molecule has 4 heteroatoms. The van der Waals surface area contributed by atoms with Gasteiger partial charge in [0.1, 0.15) is 0 Å². The van der Waals surface area contributed by atoms with E-state index < -0.39 is 0 Å². The number of carbonyl (C=O) groups is 1. The lowest BCUT2D eigenvalue weighted by Crippen LogP contribution is -2.28. The number of rotatable bonds is 5. The summed E-state index contributed by atoms with van der Waals surface area (Å²) in [5.41, 5.74) is 6.87. The molecule has 0 aromatic heterocycles. The second-order valence-electron chi connectivity index (χ2n) is 3.89. The van der Waals surface area contributed by atoms with E-state index in [1.807, 2.05) is 12.1 Å². The maximum Gasteiger partial charge on any atom is 0.255 e. The summed E-state index contributed by atoms with van der Waals surface area (Å²) in [6.45, 7) is 4.36. The van der Waals surface area contributed by atoms with Gasteiger partial charge in [-0.15, -0.1) is 6.58 Å². The minimum absolute atomic E-state index is 0.0425. The number of benzene rings is 1. The van der Waals surface area contributed by atoms with Crippen molar-refractivity contribution in [3.05, 3.63) is 40.9 Å².